The van der Waals surface area contributed by atoms with Crippen LogP contribution in [0.3, 0.4) is 0 Å². The normalized spacial score (nSPS) is 21.6. The molecule has 6 unspecified atom stereocenters. The highest BCUT2D eigenvalue weighted by atomic mass is 32.2. The topological polar surface area (TPSA) is 247 Å². The van der Waals surface area contributed by atoms with E-state index in [2.05, 4.69) is 50.6 Å². The molecule has 3 aliphatic carbocycles. The Morgan fingerprint density at radius 3 is 1.85 bits per heavy atom. The SMILES string of the molecule is Cc1nc(NCC(F)(F)F)nc(NC2CC(CNS(=O)(=O)CC(C)C)C(Oc3cccc4sc(-c5c(C)nc(NCC(F)(F)F)nc5NC5CC(O)C(CNS(=O)(=O)C6CC6)C5)nc34)C2)c1-c1nc2ccccc2s1. The molecule has 75 heavy (non-hydrogen) atoms. The number of hydrogen-bond donors (Lipinski definition) is 7. The highest BCUT2D eigenvalue weighted by Gasteiger charge is 2.41. The number of fused-ring (bicyclic) bond motifs is 2. The number of aliphatic hydroxyl groups excluding tert-OH is 1. The van der Waals surface area contributed by atoms with Crippen LogP contribution in [0.4, 0.5) is 49.9 Å². The van der Waals surface area contributed by atoms with Crippen LogP contribution in [0.15, 0.2) is 42.5 Å². The summed E-state index contributed by atoms with van der Waals surface area (Å²) in [4.78, 5) is 27.6. The van der Waals surface area contributed by atoms with E-state index in [0.29, 0.717) is 74.0 Å². The van der Waals surface area contributed by atoms with Crippen LogP contribution in [0.25, 0.3) is 41.6 Å². The van der Waals surface area contributed by atoms with Gasteiger partial charge in [0.05, 0.1) is 54.5 Å². The van der Waals surface area contributed by atoms with E-state index < -0.39 is 86.9 Å². The maximum Gasteiger partial charge on any atom is 0.405 e. The van der Waals surface area contributed by atoms with Gasteiger partial charge in [0.1, 0.15) is 52.1 Å². The molecule has 3 fully saturated rings. The Bertz CT molecular complexity index is 3230. The molecule has 3 aliphatic rings. The fraction of sp³-hybridized carbons (Fsp3) is 0.532. The number of rotatable bonds is 21. The Balaban J connectivity index is 1.02. The highest BCUT2D eigenvalue weighted by Crippen LogP contribution is 2.43. The first-order chi connectivity index (χ1) is 35.3. The van der Waals surface area contributed by atoms with Gasteiger partial charge in [0.25, 0.3) is 0 Å². The van der Waals surface area contributed by atoms with Gasteiger partial charge in [-0.05, 0) is 76.1 Å². The van der Waals surface area contributed by atoms with E-state index in [1.165, 1.54) is 22.7 Å². The van der Waals surface area contributed by atoms with Crippen molar-refractivity contribution in [3.05, 3.63) is 53.9 Å². The highest BCUT2D eigenvalue weighted by molar-refractivity contribution is 7.90. The Kier molecular flexibility index (Phi) is 15.7. The predicted octanol–water partition coefficient (Wildman–Crippen LogP) is 8.23. The molecule has 0 spiro atoms. The average Bonchev–Trinajstić information content (AvgIpc) is 3.60. The van der Waals surface area contributed by atoms with Crippen LogP contribution in [0.2, 0.25) is 0 Å². The van der Waals surface area contributed by atoms with Crippen molar-refractivity contribution in [2.75, 3.05) is 53.2 Å². The number of sulfonamides is 2. The van der Waals surface area contributed by atoms with Crippen LogP contribution in [0.5, 0.6) is 5.75 Å². The van der Waals surface area contributed by atoms with Crippen LogP contribution in [0, 0.1) is 31.6 Å². The summed E-state index contributed by atoms with van der Waals surface area (Å²) >= 11 is 2.62. The maximum absolute atomic E-state index is 13.4. The van der Waals surface area contributed by atoms with Crippen molar-refractivity contribution in [2.45, 2.75) is 108 Å². The fourth-order valence-electron chi connectivity index (χ4n) is 9.49. The number of nitrogens with zero attached hydrogens (tertiary/aromatic N) is 6. The number of thiazole rings is 2. The largest absolute Gasteiger partial charge is 0.488 e. The summed E-state index contributed by atoms with van der Waals surface area (Å²) in [6.45, 7) is 4.09. The lowest BCUT2D eigenvalue weighted by Crippen LogP contribution is -2.36. The Hall–Kier alpha value is -5.26. The van der Waals surface area contributed by atoms with E-state index in [1.807, 2.05) is 30.3 Å². The van der Waals surface area contributed by atoms with Crippen LogP contribution in [-0.4, -0.2) is 126 Å². The van der Waals surface area contributed by atoms with Gasteiger partial charge in [-0.15, -0.1) is 22.7 Å². The van der Waals surface area contributed by atoms with Crippen molar-refractivity contribution in [2.24, 2.45) is 17.8 Å². The molecule has 6 atom stereocenters. The molecule has 6 aromatic rings. The molecule has 9 rings (SSSR count). The third-order valence-electron chi connectivity index (χ3n) is 13.1. The molecular weight excluding hydrogens is 1070 g/mol. The minimum absolute atomic E-state index is 0.00842. The summed E-state index contributed by atoms with van der Waals surface area (Å²) in [5, 5.41) is 22.8. The summed E-state index contributed by atoms with van der Waals surface area (Å²) in [7, 11) is -7.23. The second-order valence-corrected chi connectivity index (χ2v) is 25.7. The van der Waals surface area contributed by atoms with E-state index in [1.54, 1.807) is 39.8 Å². The lowest BCUT2D eigenvalue weighted by atomic mass is 10.1. The lowest BCUT2D eigenvalue weighted by molar-refractivity contribution is -0.116. The first-order valence-corrected chi connectivity index (χ1v) is 29.2. The van der Waals surface area contributed by atoms with Crippen molar-refractivity contribution in [1.82, 2.24) is 39.3 Å². The van der Waals surface area contributed by atoms with Crippen molar-refractivity contribution >= 4 is 86.7 Å². The quantitative estimate of drug-likeness (QED) is 0.0336. The first kappa shape index (κ1) is 54.5. The Morgan fingerprint density at radius 1 is 0.693 bits per heavy atom. The second kappa shape index (κ2) is 21.6. The van der Waals surface area contributed by atoms with Gasteiger partial charge in [-0.1, -0.05) is 32.0 Å². The lowest BCUT2D eigenvalue weighted by Gasteiger charge is -2.22. The van der Waals surface area contributed by atoms with E-state index in [9.17, 15) is 48.3 Å². The predicted molar refractivity (Wildman–Crippen MR) is 277 cm³/mol. The maximum atomic E-state index is 13.4. The number of aliphatic hydroxyl groups is 1. The molecule has 0 radical (unpaired) electrons. The van der Waals surface area contributed by atoms with E-state index in [4.69, 9.17) is 14.7 Å². The molecule has 28 heteroatoms. The van der Waals surface area contributed by atoms with Gasteiger partial charge in [0.15, 0.2) is 0 Å². The molecule has 3 saturated carbocycles. The van der Waals surface area contributed by atoms with Crippen molar-refractivity contribution in [3.8, 4) is 26.9 Å². The third kappa shape index (κ3) is 13.7. The molecule has 0 bridgehead atoms. The van der Waals surface area contributed by atoms with Crippen LogP contribution in [0.1, 0.15) is 63.8 Å². The zero-order valence-electron chi connectivity index (χ0n) is 41.0. The standard InChI is InChI=1S/C47H56F6N12O6S4/c1-23(2)20-74(67,68)56-19-27-15-29(61-40-37(42-62-31-8-5-6-10-35(31)72-42)24(3)58-44(64-40)54-21-46(48,49)50)17-34(27)71-33-9-7-11-36-39(33)63-43(73-36)38-25(4)59-45(55-22-47(51,52)53)65-41(38)60-28-14-26(32(66)16-28)18-57-75(69,70)30-12-13-30/h5-11,23,26-30,32,34,56-57,66H,12-22H2,1-4H3,(H2,54,58,61,64)(H2,55,59,60,65). The number of para-hydroxylation sites is 2. The number of hydrogen-bond acceptors (Lipinski definition) is 18. The Labute approximate surface area is 436 Å². The minimum Gasteiger partial charge on any atom is -0.488 e. The van der Waals surface area contributed by atoms with Gasteiger partial charge in [-0.3, -0.25) is 0 Å². The second-order valence-electron chi connectivity index (χ2n) is 19.7. The van der Waals surface area contributed by atoms with E-state index in [0.717, 1.165) is 4.70 Å². The van der Waals surface area contributed by atoms with Gasteiger partial charge in [0.2, 0.25) is 31.9 Å². The number of halogens is 6. The molecule has 0 saturated heterocycles. The summed E-state index contributed by atoms with van der Waals surface area (Å²) in [6, 6.07) is 11.8. The van der Waals surface area contributed by atoms with E-state index in [-0.39, 0.29) is 66.8 Å². The minimum atomic E-state index is -4.58. The number of nitrogens with one attached hydrogen (secondary N) is 6. The molecule has 0 amide bonds. The molecule has 18 nitrogen and oxygen atoms in total. The molecule has 7 N–H and O–H groups in total. The number of benzene rings is 2. The summed E-state index contributed by atoms with van der Waals surface area (Å²) in [5.41, 5.74) is 2.65. The van der Waals surface area contributed by atoms with Gasteiger partial charge < -0.3 is 31.1 Å². The number of aryl methyl sites for hydroxylation is 2. The summed E-state index contributed by atoms with van der Waals surface area (Å²) in [5.74, 6) is -1.02. The molecule has 4 heterocycles. The number of aromatic nitrogens is 6. The molecule has 406 valence electrons. The number of alkyl halides is 6. The monoisotopic (exact) mass is 1130 g/mol. The van der Waals surface area contributed by atoms with E-state index >= 15 is 0 Å². The summed E-state index contributed by atoms with van der Waals surface area (Å²) in [6.07, 6.45) is -8.38. The van der Waals surface area contributed by atoms with Crippen LogP contribution >= 0.6 is 22.7 Å². The number of ether oxygens (including phenoxy) is 1. The van der Waals surface area contributed by atoms with Crippen LogP contribution < -0.4 is 35.4 Å². The molecular formula is C47H56F6N12O6S4. The van der Waals surface area contributed by atoms with Crippen molar-refractivity contribution < 1.29 is 53.0 Å². The molecule has 2 aromatic carbocycles. The van der Waals surface area contributed by atoms with Crippen molar-refractivity contribution in [3.63, 3.8) is 0 Å². The van der Waals surface area contributed by atoms with Crippen LogP contribution in [-0.2, 0) is 20.0 Å². The zero-order valence-corrected chi connectivity index (χ0v) is 44.3. The molecule has 4 aromatic heterocycles. The van der Waals surface area contributed by atoms with Gasteiger partial charge in [0, 0.05) is 43.4 Å². The third-order valence-corrected chi connectivity index (χ3v) is 18.8. The van der Waals surface area contributed by atoms with Gasteiger partial charge >= 0.3 is 12.4 Å². The summed E-state index contributed by atoms with van der Waals surface area (Å²) < 4.78 is 146. The smallest absolute Gasteiger partial charge is 0.405 e. The van der Waals surface area contributed by atoms with Crippen molar-refractivity contribution in [1.29, 1.82) is 0 Å². The van der Waals surface area contributed by atoms with Gasteiger partial charge in [-0.25, -0.2) is 46.2 Å². The Morgan fingerprint density at radius 2 is 1.25 bits per heavy atom. The zero-order chi connectivity index (χ0) is 53.6. The molecule has 0 aliphatic heterocycles. The average molecular weight is 1130 g/mol. The number of anilines is 4. The van der Waals surface area contributed by atoms with Gasteiger partial charge in [-0.2, -0.15) is 36.3 Å². The fourth-order valence-corrected chi connectivity index (χ4v) is 14.5. The first-order valence-electron chi connectivity index (χ1n) is 24.3.